The molecule has 0 unspecified atom stereocenters. The van der Waals surface area contributed by atoms with E-state index in [0.717, 1.165) is 116 Å². The van der Waals surface area contributed by atoms with Crippen molar-refractivity contribution in [2.75, 3.05) is 52.4 Å². The van der Waals surface area contributed by atoms with Crippen LogP contribution in [0.25, 0.3) is 0 Å². The van der Waals surface area contributed by atoms with Crippen molar-refractivity contribution in [3.8, 4) is 0 Å². The molecule has 1 heterocycles. The fraction of sp³-hybridized carbons (Fsp3) is 0.895. The quantitative estimate of drug-likeness (QED) is 0.356. The maximum absolute atomic E-state index is 13.9. The Kier molecular flexibility index (Phi) is 14.1. The second kappa shape index (κ2) is 18.4. The number of carbonyl (C=O) groups is 4. The summed E-state index contributed by atoms with van der Waals surface area (Å²) in [5.41, 5.74) is 0. The van der Waals surface area contributed by atoms with Crippen molar-refractivity contribution in [3.05, 3.63) is 0 Å². The van der Waals surface area contributed by atoms with E-state index in [1.807, 2.05) is 19.6 Å². The predicted octanol–water partition coefficient (Wildman–Crippen LogP) is 6.42. The molecule has 4 amide bonds. The molecule has 1 aliphatic heterocycles. The zero-order chi connectivity index (χ0) is 32.1. The summed E-state index contributed by atoms with van der Waals surface area (Å²) >= 11 is 0. The summed E-state index contributed by atoms with van der Waals surface area (Å²) in [5.74, 6) is 1.39. The zero-order valence-corrected chi connectivity index (χ0v) is 28.9. The van der Waals surface area contributed by atoms with Crippen LogP contribution >= 0.6 is 0 Å². The van der Waals surface area contributed by atoms with Crippen molar-refractivity contribution in [3.63, 3.8) is 0 Å². The first kappa shape index (κ1) is 35.2. The third kappa shape index (κ3) is 9.95. The SMILES string of the molecule is O=C(C1CCCCC1)N1CCCN(C(=O)C2CCCCC2)CCN(C(=O)C2CCCCC2)CCCN(C(=O)C2CCCCC2)CC1. The molecule has 5 aliphatic rings. The van der Waals surface area contributed by atoms with Gasteiger partial charge in [0.05, 0.1) is 0 Å². The first-order chi connectivity index (χ1) is 22.5. The molecule has 0 bridgehead atoms. The summed E-state index contributed by atoms with van der Waals surface area (Å²) in [7, 11) is 0. The van der Waals surface area contributed by atoms with Crippen LogP contribution in [-0.2, 0) is 19.2 Å². The van der Waals surface area contributed by atoms with E-state index in [-0.39, 0.29) is 47.3 Å². The highest BCUT2D eigenvalue weighted by Crippen LogP contribution is 2.29. The number of hydrogen-bond donors (Lipinski definition) is 0. The van der Waals surface area contributed by atoms with Gasteiger partial charge in [-0.3, -0.25) is 19.2 Å². The number of amides is 4. The van der Waals surface area contributed by atoms with Crippen molar-refractivity contribution < 1.29 is 19.2 Å². The topological polar surface area (TPSA) is 81.2 Å². The van der Waals surface area contributed by atoms with Gasteiger partial charge in [0, 0.05) is 76.0 Å². The standard InChI is InChI=1S/C38H64N4O4/c43-35(31-15-5-1-6-16-31)39-23-13-24-41(37(45)33-19-9-3-10-20-33)29-30-42(38(46)34-21-11-4-12-22-34)26-14-25-40(28-27-39)36(44)32-17-7-2-8-18-32/h31-34H,1-30H2. The van der Waals surface area contributed by atoms with Crippen molar-refractivity contribution in [2.45, 2.75) is 141 Å². The average molecular weight is 641 g/mol. The van der Waals surface area contributed by atoms with Gasteiger partial charge in [-0.1, -0.05) is 77.0 Å². The average Bonchev–Trinajstić information content (AvgIpc) is 3.12. The minimum atomic E-state index is 0.0921. The van der Waals surface area contributed by atoms with Gasteiger partial charge in [0.25, 0.3) is 0 Å². The van der Waals surface area contributed by atoms with Gasteiger partial charge in [0.1, 0.15) is 0 Å². The van der Waals surface area contributed by atoms with E-state index in [9.17, 15) is 19.2 Å². The van der Waals surface area contributed by atoms with E-state index in [2.05, 4.69) is 0 Å². The molecule has 46 heavy (non-hydrogen) atoms. The molecule has 8 heteroatoms. The van der Waals surface area contributed by atoms with E-state index in [0.29, 0.717) is 52.4 Å². The highest BCUT2D eigenvalue weighted by Gasteiger charge is 2.32. The predicted molar refractivity (Wildman–Crippen MR) is 182 cm³/mol. The molecule has 1 saturated heterocycles. The number of hydrogen-bond acceptors (Lipinski definition) is 4. The third-order valence-electron chi connectivity index (χ3n) is 12.1. The van der Waals surface area contributed by atoms with Gasteiger partial charge in [0.2, 0.25) is 23.6 Å². The summed E-state index contributed by atoms with van der Waals surface area (Å²) in [4.78, 5) is 63.8. The maximum Gasteiger partial charge on any atom is 0.225 e. The molecule has 0 N–H and O–H groups in total. The number of rotatable bonds is 4. The molecule has 0 spiro atoms. The van der Waals surface area contributed by atoms with E-state index < -0.39 is 0 Å². The van der Waals surface area contributed by atoms with Crippen LogP contribution in [0, 0.1) is 23.7 Å². The largest absolute Gasteiger partial charge is 0.341 e. The third-order valence-corrected chi connectivity index (χ3v) is 12.1. The molecule has 4 saturated carbocycles. The fourth-order valence-corrected chi connectivity index (χ4v) is 9.15. The molecular weight excluding hydrogens is 576 g/mol. The van der Waals surface area contributed by atoms with Gasteiger partial charge in [0.15, 0.2) is 0 Å². The van der Waals surface area contributed by atoms with Gasteiger partial charge in [-0.05, 0) is 64.2 Å². The number of nitrogens with zero attached hydrogens (tertiary/aromatic N) is 4. The maximum atomic E-state index is 13.9. The van der Waals surface area contributed by atoms with E-state index in [1.165, 1.54) is 25.7 Å². The van der Waals surface area contributed by atoms with Crippen LogP contribution in [-0.4, -0.2) is 95.6 Å². The molecule has 0 aromatic carbocycles. The molecule has 5 fully saturated rings. The minimum absolute atomic E-state index is 0.0921. The van der Waals surface area contributed by atoms with Gasteiger partial charge < -0.3 is 19.6 Å². The molecule has 0 radical (unpaired) electrons. The fourth-order valence-electron chi connectivity index (χ4n) is 9.15. The second-order valence-electron chi connectivity index (χ2n) is 15.3. The van der Waals surface area contributed by atoms with Gasteiger partial charge in [-0.15, -0.1) is 0 Å². The number of carbonyl (C=O) groups excluding carboxylic acids is 4. The lowest BCUT2D eigenvalue weighted by Gasteiger charge is -2.37. The Morgan fingerprint density at radius 1 is 0.261 bits per heavy atom. The Balaban J connectivity index is 1.34. The van der Waals surface area contributed by atoms with E-state index in [4.69, 9.17) is 0 Å². The summed E-state index contributed by atoms with van der Waals surface area (Å²) < 4.78 is 0. The van der Waals surface area contributed by atoms with Crippen LogP contribution in [0.5, 0.6) is 0 Å². The molecule has 8 nitrogen and oxygen atoms in total. The molecule has 5 rings (SSSR count). The molecule has 0 aromatic heterocycles. The van der Waals surface area contributed by atoms with Crippen LogP contribution in [0.2, 0.25) is 0 Å². The van der Waals surface area contributed by atoms with Crippen molar-refractivity contribution in [2.24, 2.45) is 23.7 Å². The van der Waals surface area contributed by atoms with Crippen LogP contribution < -0.4 is 0 Å². The Morgan fingerprint density at radius 2 is 0.457 bits per heavy atom. The lowest BCUT2D eigenvalue weighted by Crippen LogP contribution is -2.49. The zero-order valence-electron chi connectivity index (χ0n) is 28.9. The molecular formula is C38H64N4O4. The first-order valence-corrected chi connectivity index (χ1v) is 19.7. The Morgan fingerprint density at radius 3 is 0.652 bits per heavy atom. The van der Waals surface area contributed by atoms with Gasteiger partial charge in [-0.2, -0.15) is 0 Å². The normalized spacial score (nSPS) is 25.2. The van der Waals surface area contributed by atoms with E-state index in [1.54, 1.807) is 0 Å². The Labute approximate surface area is 279 Å². The Hall–Kier alpha value is -2.12. The summed E-state index contributed by atoms with van der Waals surface area (Å²) in [5, 5.41) is 0. The van der Waals surface area contributed by atoms with Crippen LogP contribution in [0.1, 0.15) is 141 Å². The summed E-state index contributed by atoms with van der Waals surface area (Å²) in [6, 6.07) is 0. The lowest BCUT2D eigenvalue weighted by atomic mass is 9.87. The first-order valence-electron chi connectivity index (χ1n) is 19.7. The highest BCUT2D eigenvalue weighted by atomic mass is 16.2. The molecule has 0 atom stereocenters. The molecule has 260 valence electrons. The van der Waals surface area contributed by atoms with Gasteiger partial charge in [-0.25, -0.2) is 0 Å². The van der Waals surface area contributed by atoms with Crippen LogP contribution in [0.15, 0.2) is 0 Å². The molecule has 4 aliphatic carbocycles. The van der Waals surface area contributed by atoms with Crippen molar-refractivity contribution >= 4 is 23.6 Å². The lowest BCUT2D eigenvalue weighted by molar-refractivity contribution is -0.142. The van der Waals surface area contributed by atoms with E-state index >= 15 is 0 Å². The highest BCUT2D eigenvalue weighted by molar-refractivity contribution is 5.81. The van der Waals surface area contributed by atoms with Crippen LogP contribution in [0.4, 0.5) is 0 Å². The summed E-state index contributed by atoms with van der Waals surface area (Å²) in [6.45, 7) is 4.76. The monoisotopic (exact) mass is 640 g/mol. The van der Waals surface area contributed by atoms with Gasteiger partial charge >= 0.3 is 0 Å². The van der Waals surface area contributed by atoms with Crippen molar-refractivity contribution in [1.82, 2.24) is 19.6 Å². The molecule has 0 aromatic rings. The van der Waals surface area contributed by atoms with Crippen LogP contribution in [0.3, 0.4) is 0 Å². The Bertz CT molecular complexity index is 825. The smallest absolute Gasteiger partial charge is 0.225 e. The minimum Gasteiger partial charge on any atom is -0.341 e. The second-order valence-corrected chi connectivity index (χ2v) is 15.3. The summed E-state index contributed by atoms with van der Waals surface area (Å²) in [6.07, 6.45) is 23.1. The van der Waals surface area contributed by atoms with Crippen molar-refractivity contribution in [1.29, 1.82) is 0 Å².